The minimum atomic E-state index is 0.682. The van der Waals surface area contributed by atoms with Crippen LogP contribution in [0.25, 0.3) is 105 Å². The van der Waals surface area contributed by atoms with Crippen molar-refractivity contribution >= 4 is 54.3 Å². The van der Waals surface area contributed by atoms with Crippen molar-refractivity contribution in [3.05, 3.63) is 188 Å². The lowest BCUT2D eigenvalue weighted by molar-refractivity contribution is 0.908. The van der Waals surface area contributed by atoms with Gasteiger partial charge in [-0.15, -0.1) is 0 Å². The molecule has 0 spiro atoms. The van der Waals surface area contributed by atoms with Gasteiger partial charge in [0.15, 0.2) is 5.82 Å². The highest BCUT2D eigenvalue weighted by molar-refractivity contribution is 6.20. The van der Waals surface area contributed by atoms with E-state index in [2.05, 4.69) is 193 Å². The Morgan fingerprint density at radius 2 is 1.07 bits per heavy atom. The van der Waals surface area contributed by atoms with Crippen LogP contribution in [0, 0.1) is 0 Å². The van der Waals surface area contributed by atoms with E-state index in [0.717, 1.165) is 95.4 Å². The second kappa shape index (κ2) is 13.4. The Morgan fingerprint density at radius 3 is 1.82 bits per heavy atom. The van der Waals surface area contributed by atoms with Gasteiger partial charge in [-0.05, 0) is 75.5 Å². The standard InChI is InChI=1S/C52H35N5/c1-2-48-56-51-47(57(48)41-19-4-3-5-20-41)28-27-43-42-21-10-11-22-44(42)53-50(49(43)51)39-18-12-17-37(31-39)45-32-46(38-25-23-33-13-6-8-15-35(33)29-38)55-52(54-45)40-26-24-34-14-7-9-16-36(34)30-40/h3-32H,2H2,1H3. The van der Waals surface area contributed by atoms with Gasteiger partial charge >= 0.3 is 0 Å². The van der Waals surface area contributed by atoms with E-state index in [1.54, 1.807) is 0 Å². The van der Waals surface area contributed by atoms with E-state index in [4.69, 9.17) is 19.9 Å². The van der Waals surface area contributed by atoms with E-state index in [0.29, 0.717) is 5.82 Å². The predicted octanol–water partition coefficient (Wildman–Crippen LogP) is 13.1. The maximum Gasteiger partial charge on any atom is 0.160 e. The summed E-state index contributed by atoms with van der Waals surface area (Å²) in [6, 6.07) is 64.0. The molecule has 0 aliphatic carbocycles. The summed E-state index contributed by atoms with van der Waals surface area (Å²) in [4.78, 5) is 21.2. The molecule has 0 saturated heterocycles. The number of imidazole rings is 1. The van der Waals surface area contributed by atoms with Crippen molar-refractivity contribution in [2.75, 3.05) is 0 Å². The van der Waals surface area contributed by atoms with Crippen molar-refractivity contribution in [3.63, 3.8) is 0 Å². The monoisotopic (exact) mass is 729 g/mol. The molecule has 11 aromatic rings. The minimum absolute atomic E-state index is 0.682. The lowest BCUT2D eigenvalue weighted by Gasteiger charge is -2.14. The zero-order valence-corrected chi connectivity index (χ0v) is 31.3. The third kappa shape index (κ3) is 5.63. The molecule has 5 nitrogen and oxygen atoms in total. The Labute approximate surface area is 329 Å². The van der Waals surface area contributed by atoms with Crippen LogP contribution < -0.4 is 0 Å². The normalized spacial score (nSPS) is 11.7. The molecule has 0 atom stereocenters. The minimum Gasteiger partial charge on any atom is -0.296 e. The topological polar surface area (TPSA) is 56.5 Å². The van der Waals surface area contributed by atoms with Crippen molar-refractivity contribution in [2.24, 2.45) is 0 Å². The van der Waals surface area contributed by atoms with Crippen molar-refractivity contribution in [1.82, 2.24) is 24.5 Å². The van der Waals surface area contributed by atoms with Crippen molar-refractivity contribution < 1.29 is 0 Å². The molecule has 268 valence electrons. The lowest BCUT2D eigenvalue weighted by atomic mass is 9.97. The smallest absolute Gasteiger partial charge is 0.160 e. The summed E-state index contributed by atoms with van der Waals surface area (Å²) in [5, 5.41) is 7.99. The molecule has 0 aliphatic rings. The molecular weight excluding hydrogens is 695 g/mol. The first kappa shape index (κ1) is 32.9. The average molecular weight is 730 g/mol. The molecule has 8 aromatic carbocycles. The van der Waals surface area contributed by atoms with E-state index in [-0.39, 0.29) is 0 Å². The molecule has 0 amide bonds. The molecule has 5 heteroatoms. The van der Waals surface area contributed by atoms with Gasteiger partial charge in [-0.25, -0.2) is 19.9 Å². The van der Waals surface area contributed by atoms with Crippen LogP contribution in [0.2, 0.25) is 0 Å². The summed E-state index contributed by atoms with van der Waals surface area (Å²) in [6.07, 6.45) is 0.795. The van der Waals surface area contributed by atoms with Gasteiger partial charge in [-0.1, -0.05) is 140 Å². The molecule has 0 radical (unpaired) electrons. The number of hydrogen-bond acceptors (Lipinski definition) is 4. The van der Waals surface area contributed by atoms with Gasteiger partial charge in [0, 0.05) is 45.1 Å². The van der Waals surface area contributed by atoms with Crippen LogP contribution in [0.15, 0.2) is 182 Å². The Hall–Kier alpha value is -7.50. The number of fused-ring (bicyclic) bond motifs is 7. The number of hydrogen-bond donors (Lipinski definition) is 0. The first-order chi connectivity index (χ1) is 28.2. The van der Waals surface area contributed by atoms with E-state index in [1.165, 1.54) is 16.2 Å². The fourth-order valence-corrected chi connectivity index (χ4v) is 8.32. The molecular formula is C52H35N5. The molecule has 0 aliphatic heterocycles. The molecule has 11 rings (SSSR count). The van der Waals surface area contributed by atoms with Crippen LogP contribution in [-0.2, 0) is 6.42 Å². The summed E-state index contributed by atoms with van der Waals surface area (Å²) >= 11 is 0. The van der Waals surface area contributed by atoms with Crippen molar-refractivity contribution in [2.45, 2.75) is 13.3 Å². The number of aryl methyl sites for hydroxylation is 1. The van der Waals surface area contributed by atoms with Crippen molar-refractivity contribution in [1.29, 1.82) is 0 Å². The highest BCUT2D eigenvalue weighted by Gasteiger charge is 2.20. The first-order valence-corrected chi connectivity index (χ1v) is 19.4. The second-order valence-electron chi connectivity index (χ2n) is 14.6. The molecule has 3 heterocycles. The highest BCUT2D eigenvalue weighted by Crippen LogP contribution is 2.39. The van der Waals surface area contributed by atoms with Gasteiger partial charge in [0.05, 0.1) is 33.6 Å². The van der Waals surface area contributed by atoms with E-state index in [9.17, 15) is 0 Å². The van der Waals surface area contributed by atoms with Gasteiger partial charge in [0.1, 0.15) is 5.82 Å². The average Bonchev–Trinajstić information content (AvgIpc) is 3.68. The third-order valence-corrected chi connectivity index (χ3v) is 11.1. The zero-order chi connectivity index (χ0) is 37.9. The Balaban J connectivity index is 1.14. The van der Waals surface area contributed by atoms with Crippen LogP contribution in [-0.4, -0.2) is 24.5 Å². The summed E-state index contributed by atoms with van der Waals surface area (Å²) in [5.41, 5.74) is 10.7. The van der Waals surface area contributed by atoms with E-state index < -0.39 is 0 Å². The van der Waals surface area contributed by atoms with Crippen LogP contribution in [0.1, 0.15) is 12.7 Å². The summed E-state index contributed by atoms with van der Waals surface area (Å²) in [6.45, 7) is 2.17. The first-order valence-electron chi connectivity index (χ1n) is 19.4. The van der Waals surface area contributed by atoms with E-state index >= 15 is 0 Å². The summed E-state index contributed by atoms with van der Waals surface area (Å²) in [5.74, 6) is 1.70. The Bertz CT molecular complexity index is 3250. The third-order valence-electron chi connectivity index (χ3n) is 11.1. The van der Waals surface area contributed by atoms with Gasteiger partial charge < -0.3 is 0 Å². The maximum absolute atomic E-state index is 5.40. The highest BCUT2D eigenvalue weighted by atomic mass is 15.1. The van der Waals surface area contributed by atoms with Gasteiger partial charge in [0.2, 0.25) is 0 Å². The molecule has 3 aromatic heterocycles. The molecule has 0 unspecified atom stereocenters. The molecule has 0 N–H and O–H groups in total. The molecule has 0 saturated carbocycles. The van der Waals surface area contributed by atoms with Crippen LogP contribution in [0.3, 0.4) is 0 Å². The number of pyridine rings is 1. The van der Waals surface area contributed by atoms with Crippen LogP contribution in [0.4, 0.5) is 0 Å². The number of rotatable bonds is 6. The fourth-order valence-electron chi connectivity index (χ4n) is 8.32. The summed E-state index contributed by atoms with van der Waals surface area (Å²) in [7, 11) is 0. The quantitative estimate of drug-likeness (QED) is 0.160. The molecule has 0 fully saturated rings. The Morgan fingerprint density at radius 1 is 0.439 bits per heavy atom. The number of aromatic nitrogens is 5. The number of benzene rings is 8. The number of nitrogens with zero attached hydrogens (tertiary/aromatic N) is 5. The van der Waals surface area contributed by atoms with E-state index in [1.807, 2.05) is 0 Å². The number of para-hydroxylation sites is 2. The molecule has 0 bridgehead atoms. The zero-order valence-electron chi connectivity index (χ0n) is 31.3. The predicted molar refractivity (Wildman–Crippen MR) is 236 cm³/mol. The SMILES string of the molecule is CCc1nc2c3c(-c4cccc(-c5cc(-c6ccc7ccccc7c6)nc(-c6ccc7ccccc7c6)n5)c4)nc4ccccc4c3ccc2n1-c1ccccc1. The Kier molecular flexibility index (Phi) is 7.71. The van der Waals surface area contributed by atoms with Crippen molar-refractivity contribution in [3.8, 4) is 50.8 Å². The largest absolute Gasteiger partial charge is 0.296 e. The fraction of sp³-hybridized carbons (Fsp3) is 0.0385. The van der Waals surface area contributed by atoms with Gasteiger partial charge in [-0.3, -0.25) is 4.57 Å². The second-order valence-corrected chi connectivity index (χ2v) is 14.6. The maximum atomic E-state index is 5.40. The molecule has 57 heavy (non-hydrogen) atoms. The van der Waals surface area contributed by atoms with Gasteiger partial charge in [0.25, 0.3) is 0 Å². The van der Waals surface area contributed by atoms with Crippen LogP contribution in [0.5, 0.6) is 0 Å². The van der Waals surface area contributed by atoms with Crippen LogP contribution >= 0.6 is 0 Å². The van der Waals surface area contributed by atoms with Gasteiger partial charge in [-0.2, -0.15) is 0 Å². The summed E-state index contributed by atoms with van der Waals surface area (Å²) < 4.78 is 2.29. The lowest BCUT2D eigenvalue weighted by Crippen LogP contribution is -1.99.